The number of amides is 1. The lowest BCUT2D eigenvalue weighted by atomic mass is 10.2. The number of allylic oxidation sites excluding steroid dienone is 1. The van der Waals surface area contributed by atoms with Crippen LogP contribution in [0.3, 0.4) is 0 Å². The van der Waals surface area contributed by atoms with E-state index in [4.69, 9.17) is 0 Å². The van der Waals surface area contributed by atoms with Crippen molar-refractivity contribution in [2.75, 3.05) is 13.1 Å². The fourth-order valence-electron chi connectivity index (χ4n) is 2.70. The van der Waals surface area contributed by atoms with Gasteiger partial charge in [-0.2, -0.15) is 9.41 Å². The van der Waals surface area contributed by atoms with Gasteiger partial charge in [-0.1, -0.05) is 50.3 Å². The zero-order valence-electron chi connectivity index (χ0n) is 16.8. The first kappa shape index (κ1) is 22.5. The first-order valence-corrected chi connectivity index (χ1v) is 11.1. The van der Waals surface area contributed by atoms with E-state index < -0.39 is 15.9 Å². The molecule has 0 heterocycles. The predicted molar refractivity (Wildman–Crippen MR) is 117 cm³/mol. The van der Waals surface area contributed by atoms with Gasteiger partial charge in [0.15, 0.2) is 0 Å². The third kappa shape index (κ3) is 6.66. The summed E-state index contributed by atoms with van der Waals surface area (Å²) >= 11 is 0. The summed E-state index contributed by atoms with van der Waals surface area (Å²) in [5, 5.41) is 3.87. The molecule has 0 aliphatic rings. The number of benzene rings is 2. The van der Waals surface area contributed by atoms with Crippen LogP contribution in [0.1, 0.15) is 42.6 Å². The van der Waals surface area contributed by atoms with Gasteiger partial charge in [0, 0.05) is 24.9 Å². The number of hydrazone groups is 1. The Morgan fingerprint density at radius 2 is 1.62 bits per heavy atom. The van der Waals surface area contributed by atoms with Gasteiger partial charge in [-0.3, -0.25) is 4.79 Å². The van der Waals surface area contributed by atoms with Crippen molar-refractivity contribution in [1.82, 2.24) is 9.73 Å². The second-order valence-electron chi connectivity index (χ2n) is 6.42. The Balaban J connectivity index is 1.99. The lowest BCUT2D eigenvalue weighted by Gasteiger charge is -2.21. The highest BCUT2D eigenvalue weighted by Crippen LogP contribution is 2.17. The summed E-state index contributed by atoms with van der Waals surface area (Å²) in [6.45, 7) is 4.84. The summed E-state index contributed by atoms with van der Waals surface area (Å²) in [6, 6.07) is 15.6. The molecule has 2 rings (SSSR count). The normalized spacial score (nSPS) is 12.1. The number of hydrogen-bond donors (Lipinski definition) is 1. The lowest BCUT2D eigenvalue weighted by molar-refractivity contribution is 0.0955. The smallest absolute Gasteiger partial charge is 0.267 e. The molecule has 0 bridgehead atoms. The fourth-order valence-corrected chi connectivity index (χ4v) is 4.32. The zero-order chi connectivity index (χ0) is 21.1. The van der Waals surface area contributed by atoms with Crippen LogP contribution in [-0.2, 0) is 10.0 Å². The summed E-state index contributed by atoms with van der Waals surface area (Å²) < 4.78 is 27.0. The Kier molecular flexibility index (Phi) is 8.76. The predicted octanol–water partition coefficient (Wildman–Crippen LogP) is 3.93. The lowest BCUT2D eigenvalue weighted by Crippen LogP contribution is -2.32. The molecule has 0 fully saturated rings. The van der Waals surface area contributed by atoms with Gasteiger partial charge in [0.2, 0.25) is 10.0 Å². The van der Waals surface area contributed by atoms with Crippen LogP contribution in [0.2, 0.25) is 0 Å². The van der Waals surface area contributed by atoms with Gasteiger partial charge in [0.25, 0.3) is 5.91 Å². The van der Waals surface area contributed by atoms with E-state index in [2.05, 4.69) is 10.5 Å². The van der Waals surface area contributed by atoms with Gasteiger partial charge in [-0.15, -0.1) is 0 Å². The summed E-state index contributed by atoms with van der Waals surface area (Å²) in [4.78, 5) is 12.4. The third-order valence-corrected chi connectivity index (χ3v) is 6.03. The van der Waals surface area contributed by atoms with E-state index in [-0.39, 0.29) is 4.90 Å². The number of rotatable bonds is 10. The molecule has 0 atom stereocenters. The molecule has 0 aromatic heterocycles. The van der Waals surface area contributed by atoms with Crippen LogP contribution in [0.4, 0.5) is 0 Å². The minimum atomic E-state index is -3.56. The molecule has 0 aliphatic heterocycles. The minimum absolute atomic E-state index is 0.185. The average Bonchev–Trinajstić information content (AvgIpc) is 2.74. The van der Waals surface area contributed by atoms with Crippen molar-refractivity contribution in [2.24, 2.45) is 5.10 Å². The van der Waals surface area contributed by atoms with Crippen molar-refractivity contribution in [3.8, 4) is 0 Å². The Morgan fingerprint density at radius 3 is 2.21 bits per heavy atom. The van der Waals surface area contributed by atoms with E-state index in [1.54, 1.807) is 6.08 Å². The maximum atomic E-state index is 12.7. The number of hydrogen-bond acceptors (Lipinski definition) is 4. The van der Waals surface area contributed by atoms with Crippen LogP contribution in [0.15, 0.2) is 70.7 Å². The maximum absolute atomic E-state index is 12.7. The second kappa shape index (κ2) is 11.3. The molecule has 2 aromatic rings. The Labute approximate surface area is 173 Å². The second-order valence-corrected chi connectivity index (χ2v) is 8.36. The molecule has 0 saturated carbocycles. The molecule has 6 nitrogen and oxygen atoms in total. The van der Waals surface area contributed by atoms with Crippen molar-refractivity contribution in [3.63, 3.8) is 0 Å². The monoisotopic (exact) mass is 413 g/mol. The van der Waals surface area contributed by atoms with Crippen molar-refractivity contribution in [2.45, 2.75) is 31.6 Å². The van der Waals surface area contributed by atoms with Gasteiger partial charge < -0.3 is 0 Å². The highest BCUT2D eigenvalue weighted by atomic mass is 32.2. The summed E-state index contributed by atoms with van der Waals surface area (Å²) in [6.07, 6.45) is 6.57. The van der Waals surface area contributed by atoms with E-state index in [1.165, 1.54) is 34.8 Å². The van der Waals surface area contributed by atoms with Gasteiger partial charge in [0.1, 0.15) is 0 Å². The molecule has 7 heteroatoms. The standard InChI is InChI=1S/C22H27N3O3S/c1-3-17-25(18-4-2)29(27,28)21-14-12-20(13-15-21)22(26)24-23-16-8-11-19-9-6-5-7-10-19/h5-16H,3-4,17-18H2,1-2H3,(H,24,26)/b11-8+,23-16+. The van der Waals surface area contributed by atoms with Gasteiger partial charge in [-0.05, 0) is 48.7 Å². The third-order valence-electron chi connectivity index (χ3n) is 4.12. The molecular weight excluding hydrogens is 386 g/mol. The number of carbonyl (C=O) groups excluding carboxylic acids is 1. The molecule has 0 unspecified atom stereocenters. The van der Waals surface area contributed by atoms with Crippen molar-refractivity contribution >= 4 is 28.2 Å². The molecule has 2 aromatic carbocycles. The molecule has 1 N–H and O–H groups in total. The zero-order valence-corrected chi connectivity index (χ0v) is 17.6. The topological polar surface area (TPSA) is 78.8 Å². The van der Waals surface area contributed by atoms with Crippen LogP contribution < -0.4 is 5.43 Å². The quantitative estimate of drug-likeness (QED) is 0.473. The van der Waals surface area contributed by atoms with Crippen molar-refractivity contribution in [1.29, 1.82) is 0 Å². The molecule has 0 aliphatic carbocycles. The van der Waals surface area contributed by atoms with Crippen molar-refractivity contribution < 1.29 is 13.2 Å². The molecule has 0 radical (unpaired) electrons. The highest BCUT2D eigenvalue weighted by molar-refractivity contribution is 7.89. The van der Waals surface area contributed by atoms with Crippen LogP contribution in [0.5, 0.6) is 0 Å². The minimum Gasteiger partial charge on any atom is -0.267 e. The van der Waals surface area contributed by atoms with Crippen LogP contribution >= 0.6 is 0 Å². The van der Waals surface area contributed by atoms with Gasteiger partial charge >= 0.3 is 0 Å². The Bertz CT molecular complexity index is 931. The molecule has 29 heavy (non-hydrogen) atoms. The molecule has 1 amide bonds. The molecule has 154 valence electrons. The van der Waals surface area contributed by atoms with E-state index in [1.807, 2.05) is 50.3 Å². The van der Waals surface area contributed by atoms with Gasteiger partial charge in [0.05, 0.1) is 4.90 Å². The summed E-state index contributed by atoms with van der Waals surface area (Å²) in [5.41, 5.74) is 3.79. The first-order valence-electron chi connectivity index (χ1n) is 9.64. The Hall–Kier alpha value is -2.77. The molecule has 0 saturated heterocycles. The molecule has 0 spiro atoms. The van der Waals surface area contributed by atoms with E-state index >= 15 is 0 Å². The molecular formula is C22H27N3O3S. The first-order chi connectivity index (χ1) is 14.0. The number of sulfonamides is 1. The van der Waals surface area contributed by atoms with E-state index in [0.717, 1.165) is 18.4 Å². The van der Waals surface area contributed by atoms with E-state index in [9.17, 15) is 13.2 Å². The maximum Gasteiger partial charge on any atom is 0.271 e. The summed E-state index contributed by atoms with van der Waals surface area (Å²) in [5.74, 6) is -0.405. The fraction of sp³-hybridized carbons (Fsp3) is 0.273. The van der Waals surface area contributed by atoms with Crippen LogP contribution in [0, 0.1) is 0 Å². The number of carbonyl (C=O) groups is 1. The highest BCUT2D eigenvalue weighted by Gasteiger charge is 2.23. The van der Waals surface area contributed by atoms with Crippen molar-refractivity contribution in [3.05, 3.63) is 71.8 Å². The number of nitrogens with zero attached hydrogens (tertiary/aromatic N) is 2. The Morgan fingerprint density at radius 1 is 1.00 bits per heavy atom. The number of nitrogens with one attached hydrogen (secondary N) is 1. The van der Waals surface area contributed by atoms with Crippen LogP contribution in [-0.4, -0.2) is 37.9 Å². The largest absolute Gasteiger partial charge is 0.271 e. The van der Waals surface area contributed by atoms with Gasteiger partial charge in [-0.25, -0.2) is 13.8 Å². The van der Waals surface area contributed by atoms with E-state index in [0.29, 0.717) is 18.7 Å². The average molecular weight is 414 g/mol. The van der Waals surface area contributed by atoms with Crippen LogP contribution in [0.25, 0.3) is 6.08 Å². The summed E-state index contributed by atoms with van der Waals surface area (Å²) in [7, 11) is -3.56. The SMILES string of the molecule is CCCN(CCC)S(=O)(=O)c1ccc(C(=O)N/N=C/C=C/c2ccccc2)cc1.